The van der Waals surface area contributed by atoms with Crippen LogP contribution in [0.15, 0.2) is 36.4 Å². The van der Waals surface area contributed by atoms with Crippen molar-refractivity contribution in [3.63, 3.8) is 0 Å². The van der Waals surface area contributed by atoms with Gasteiger partial charge in [0.05, 0.1) is 0 Å². The summed E-state index contributed by atoms with van der Waals surface area (Å²) in [5.74, 6) is -1.59. The van der Waals surface area contributed by atoms with E-state index in [1.165, 1.54) is 12.1 Å². The summed E-state index contributed by atoms with van der Waals surface area (Å²) >= 11 is 0. The summed E-state index contributed by atoms with van der Waals surface area (Å²) in [6.07, 6.45) is 0. The van der Waals surface area contributed by atoms with Crippen LogP contribution in [-0.4, -0.2) is 6.54 Å². The molecule has 20 heavy (non-hydrogen) atoms. The fraction of sp³-hybridized carbons (Fsp3) is 0.250. The SMILES string of the molecule is CCNC(C)c1ccc(F)cc1-c1cc(F)ccc1F. The van der Waals surface area contributed by atoms with Crippen molar-refractivity contribution >= 4 is 0 Å². The molecule has 0 heterocycles. The van der Waals surface area contributed by atoms with Crippen molar-refractivity contribution in [1.82, 2.24) is 5.32 Å². The van der Waals surface area contributed by atoms with Crippen molar-refractivity contribution in [2.75, 3.05) is 6.54 Å². The largest absolute Gasteiger partial charge is 0.310 e. The quantitative estimate of drug-likeness (QED) is 0.872. The highest BCUT2D eigenvalue weighted by Crippen LogP contribution is 2.31. The summed E-state index contributed by atoms with van der Waals surface area (Å²) in [6, 6.07) is 7.26. The Balaban J connectivity index is 2.59. The molecule has 1 nitrogen and oxygen atoms in total. The van der Waals surface area contributed by atoms with Gasteiger partial charge in [0.1, 0.15) is 17.5 Å². The van der Waals surface area contributed by atoms with Crippen LogP contribution < -0.4 is 5.32 Å². The standard InChI is InChI=1S/C16H16F3N/c1-3-20-10(2)13-6-4-11(17)8-14(13)15-9-12(18)5-7-16(15)19/h4-10,20H,3H2,1-2H3. The van der Waals surface area contributed by atoms with Gasteiger partial charge < -0.3 is 5.32 Å². The third kappa shape index (κ3) is 3.02. The second-order valence-corrected chi connectivity index (χ2v) is 4.64. The highest BCUT2D eigenvalue weighted by molar-refractivity contribution is 5.68. The van der Waals surface area contributed by atoms with Gasteiger partial charge in [0.15, 0.2) is 0 Å². The van der Waals surface area contributed by atoms with E-state index in [1.54, 1.807) is 6.07 Å². The number of halogens is 3. The summed E-state index contributed by atoms with van der Waals surface area (Å²) in [4.78, 5) is 0. The van der Waals surface area contributed by atoms with E-state index in [1.807, 2.05) is 13.8 Å². The lowest BCUT2D eigenvalue weighted by Gasteiger charge is -2.18. The molecule has 0 aliphatic heterocycles. The monoisotopic (exact) mass is 279 g/mol. The van der Waals surface area contributed by atoms with Crippen LogP contribution in [0.5, 0.6) is 0 Å². The topological polar surface area (TPSA) is 12.0 Å². The number of rotatable bonds is 4. The van der Waals surface area contributed by atoms with Gasteiger partial charge in [0.25, 0.3) is 0 Å². The Morgan fingerprint density at radius 3 is 2.20 bits per heavy atom. The van der Waals surface area contributed by atoms with Crippen LogP contribution in [0.1, 0.15) is 25.5 Å². The first kappa shape index (κ1) is 14.6. The summed E-state index contributed by atoms with van der Waals surface area (Å²) < 4.78 is 40.7. The molecule has 2 aromatic rings. The zero-order chi connectivity index (χ0) is 14.7. The van der Waals surface area contributed by atoms with E-state index in [9.17, 15) is 13.2 Å². The minimum atomic E-state index is -0.568. The second kappa shape index (κ2) is 6.09. The Morgan fingerprint density at radius 1 is 0.950 bits per heavy atom. The minimum Gasteiger partial charge on any atom is -0.310 e. The van der Waals surface area contributed by atoms with Crippen molar-refractivity contribution in [1.29, 1.82) is 0 Å². The molecule has 0 spiro atoms. The maximum absolute atomic E-state index is 13.9. The Morgan fingerprint density at radius 2 is 1.55 bits per heavy atom. The van der Waals surface area contributed by atoms with Gasteiger partial charge >= 0.3 is 0 Å². The highest BCUT2D eigenvalue weighted by Gasteiger charge is 2.15. The molecule has 0 amide bonds. The zero-order valence-electron chi connectivity index (χ0n) is 11.4. The predicted octanol–water partition coefficient (Wildman–Crippen LogP) is 4.44. The Bertz CT molecular complexity index is 611. The third-order valence-electron chi connectivity index (χ3n) is 3.21. The smallest absolute Gasteiger partial charge is 0.131 e. The van der Waals surface area contributed by atoms with Gasteiger partial charge in [-0.2, -0.15) is 0 Å². The van der Waals surface area contributed by atoms with Crippen LogP contribution in [-0.2, 0) is 0 Å². The Labute approximate surface area is 116 Å². The number of hydrogen-bond donors (Lipinski definition) is 1. The molecule has 0 fully saturated rings. The number of hydrogen-bond acceptors (Lipinski definition) is 1. The molecular formula is C16H16F3N. The molecule has 0 radical (unpaired) electrons. The molecule has 0 saturated heterocycles. The van der Waals surface area contributed by atoms with Gasteiger partial charge in [-0.15, -0.1) is 0 Å². The van der Waals surface area contributed by atoms with Crippen molar-refractivity contribution in [3.8, 4) is 11.1 Å². The van der Waals surface area contributed by atoms with E-state index in [0.29, 0.717) is 5.56 Å². The van der Waals surface area contributed by atoms with Crippen LogP contribution in [0.3, 0.4) is 0 Å². The van der Waals surface area contributed by atoms with Gasteiger partial charge in [-0.1, -0.05) is 13.0 Å². The van der Waals surface area contributed by atoms with Crippen molar-refractivity contribution in [2.45, 2.75) is 19.9 Å². The molecule has 2 aromatic carbocycles. The lowest BCUT2D eigenvalue weighted by Crippen LogP contribution is -2.18. The van der Waals surface area contributed by atoms with Crippen LogP contribution in [0, 0.1) is 17.5 Å². The van der Waals surface area contributed by atoms with E-state index < -0.39 is 17.5 Å². The molecule has 0 aromatic heterocycles. The second-order valence-electron chi connectivity index (χ2n) is 4.64. The predicted molar refractivity (Wildman–Crippen MR) is 73.8 cm³/mol. The van der Waals surface area contributed by atoms with Crippen molar-refractivity contribution < 1.29 is 13.2 Å². The van der Waals surface area contributed by atoms with E-state index in [2.05, 4.69) is 5.32 Å². The molecule has 0 aliphatic carbocycles. The molecule has 1 unspecified atom stereocenters. The van der Waals surface area contributed by atoms with Crippen LogP contribution in [0.25, 0.3) is 11.1 Å². The molecule has 106 valence electrons. The summed E-state index contributed by atoms with van der Waals surface area (Å²) in [6.45, 7) is 4.57. The average molecular weight is 279 g/mol. The Kier molecular flexibility index (Phi) is 4.45. The van der Waals surface area contributed by atoms with Gasteiger partial charge in [-0.3, -0.25) is 0 Å². The van der Waals surface area contributed by atoms with Crippen molar-refractivity contribution in [2.24, 2.45) is 0 Å². The van der Waals surface area contributed by atoms with Crippen LogP contribution >= 0.6 is 0 Å². The molecule has 0 bridgehead atoms. The molecular weight excluding hydrogens is 263 g/mol. The third-order valence-corrected chi connectivity index (χ3v) is 3.21. The summed E-state index contributed by atoms with van der Waals surface area (Å²) in [7, 11) is 0. The Hall–Kier alpha value is -1.81. The van der Waals surface area contributed by atoms with E-state index in [0.717, 1.165) is 30.3 Å². The number of benzene rings is 2. The molecule has 4 heteroatoms. The maximum Gasteiger partial charge on any atom is 0.131 e. The van der Waals surface area contributed by atoms with E-state index in [-0.39, 0.29) is 11.6 Å². The lowest BCUT2D eigenvalue weighted by molar-refractivity contribution is 0.588. The molecule has 1 N–H and O–H groups in total. The average Bonchev–Trinajstić information content (AvgIpc) is 2.41. The van der Waals surface area contributed by atoms with Crippen LogP contribution in [0.4, 0.5) is 13.2 Å². The van der Waals surface area contributed by atoms with Crippen molar-refractivity contribution in [3.05, 3.63) is 59.4 Å². The summed E-state index contributed by atoms with van der Waals surface area (Å²) in [5, 5.41) is 3.19. The molecule has 0 saturated carbocycles. The fourth-order valence-electron chi connectivity index (χ4n) is 2.26. The van der Waals surface area contributed by atoms with Gasteiger partial charge in [0, 0.05) is 11.6 Å². The fourth-order valence-corrected chi connectivity index (χ4v) is 2.26. The lowest BCUT2D eigenvalue weighted by atomic mass is 9.95. The van der Waals surface area contributed by atoms with E-state index >= 15 is 0 Å². The molecule has 1 atom stereocenters. The first-order valence-electron chi connectivity index (χ1n) is 6.51. The maximum atomic E-state index is 13.9. The van der Waals surface area contributed by atoms with Gasteiger partial charge in [-0.05, 0) is 54.9 Å². The van der Waals surface area contributed by atoms with Crippen LogP contribution in [0.2, 0.25) is 0 Å². The van der Waals surface area contributed by atoms with Gasteiger partial charge in [-0.25, -0.2) is 13.2 Å². The zero-order valence-corrected chi connectivity index (χ0v) is 11.4. The normalized spacial score (nSPS) is 12.4. The first-order valence-corrected chi connectivity index (χ1v) is 6.51. The highest BCUT2D eigenvalue weighted by atomic mass is 19.1. The molecule has 2 rings (SSSR count). The summed E-state index contributed by atoms with van der Waals surface area (Å²) in [5.41, 5.74) is 1.18. The minimum absolute atomic E-state index is 0.0734. The number of nitrogens with one attached hydrogen (secondary N) is 1. The molecule has 0 aliphatic rings. The van der Waals surface area contributed by atoms with Gasteiger partial charge in [0.2, 0.25) is 0 Å². The van der Waals surface area contributed by atoms with E-state index in [4.69, 9.17) is 0 Å². The first-order chi connectivity index (χ1) is 9.52.